The lowest BCUT2D eigenvalue weighted by atomic mass is 10.0. The summed E-state index contributed by atoms with van der Waals surface area (Å²) in [7, 11) is 0. The first-order chi connectivity index (χ1) is 12.8. The fourth-order valence-corrected chi connectivity index (χ4v) is 3.93. The van der Waals surface area contributed by atoms with Crippen molar-refractivity contribution in [3.05, 3.63) is 58.1 Å². The Morgan fingerprint density at radius 2 is 2.07 bits per heavy atom. The minimum atomic E-state index is -0.164. The van der Waals surface area contributed by atoms with Crippen molar-refractivity contribution in [1.29, 1.82) is 0 Å². The molecule has 142 valence electrons. The quantitative estimate of drug-likeness (QED) is 0.709. The van der Waals surface area contributed by atoms with Gasteiger partial charge in [0.05, 0.1) is 4.88 Å². The zero-order chi connectivity index (χ0) is 17.9. The molecule has 1 saturated heterocycles. The predicted molar refractivity (Wildman–Crippen MR) is 107 cm³/mol. The number of amides is 1. The van der Waals surface area contributed by atoms with Crippen molar-refractivity contribution in [2.45, 2.75) is 31.8 Å². The lowest BCUT2D eigenvalue weighted by Gasteiger charge is -2.33. The lowest BCUT2D eigenvalue weighted by molar-refractivity contribution is 0.0566. The maximum absolute atomic E-state index is 12.8. The van der Waals surface area contributed by atoms with E-state index in [0.29, 0.717) is 24.8 Å². The van der Waals surface area contributed by atoms with Crippen LogP contribution in [0.15, 0.2) is 46.3 Å². The molecule has 3 aromatic rings. The highest BCUT2D eigenvalue weighted by Crippen LogP contribution is 2.33. The number of likely N-dealkylation sites (tertiary alicyclic amines) is 1. The first kappa shape index (κ1) is 19.5. The van der Waals surface area contributed by atoms with E-state index in [9.17, 15) is 4.79 Å². The van der Waals surface area contributed by atoms with E-state index in [1.807, 2.05) is 46.7 Å². The molecule has 27 heavy (non-hydrogen) atoms. The summed E-state index contributed by atoms with van der Waals surface area (Å²) in [5.74, 6) is 1.09. The Morgan fingerprint density at radius 3 is 2.78 bits per heavy atom. The highest BCUT2D eigenvalue weighted by molar-refractivity contribution is 7.12. The average molecular weight is 405 g/mol. The van der Waals surface area contributed by atoms with E-state index >= 15 is 0 Å². The second-order valence-corrected chi connectivity index (χ2v) is 7.29. The van der Waals surface area contributed by atoms with Crippen molar-refractivity contribution < 1.29 is 9.32 Å². The van der Waals surface area contributed by atoms with Crippen LogP contribution in [0.4, 0.5) is 0 Å². The van der Waals surface area contributed by atoms with Gasteiger partial charge in [-0.2, -0.15) is 4.98 Å². The third kappa shape index (κ3) is 4.05. The molecule has 2 aromatic heterocycles. The van der Waals surface area contributed by atoms with E-state index in [0.717, 1.165) is 35.3 Å². The summed E-state index contributed by atoms with van der Waals surface area (Å²) in [5, 5.41) is 6.04. The fraction of sp³-hybridized carbons (Fsp3) is 0.316. The Balaban J connectivity index is 0.00000210. The molecule has 1 unspecified atom stereocenters. The van der Waals surface area contributed by atoms with Crippen LogP contribution >= 0.6 is 23.7 Å². The lowest BCUT2D eigenvalue weighted by Crippen LogP contribution is -2.38. The van der Waals surface area contributed by atoms with Crippen LogP contribution in [0, 0.1) is 0 Å². The molecule has 0 bridgehead atoms. The highest BCUT2D eigenvalue weighted by atomic mass is 35.5. The molecule has 3 heterocycles. The molecule has 2 N–H and O–H groups in total. The number of hydrogen-bond donors (Lipinski definition) is 1. The topological polar surface area (TPSA) is 85.2 Å². The molecule has 1 atom stereocenters. The van der Waals surface area contributed by atoms with Gasteiger partial charge in [-0.25, -0.2) is 0 Å². The summed E-state index contributed by atoms with van der Waals surface area (Å²) >= 11 is 1.46. The highest BCUT2D eigenvalue weighted by Gasteiger charge is 2.33. The van der Waals surface area contributed by atoms with Crippen molar-refractivity contribution in [3.63, 3.8) is 0 Å². The standard InChI is InChI=1S/C19H20N4O2S.ClH/c20-12-13-6-8-14(9-7-13)17-21-18(25-22-17)15-4-1-2-10-23(15)19(24)16-5-3-11-26-16;/h3,5-9,11,15H,1-2,4,10,12,20H2;1H. The first-order valence-corrected chi connectivity index (χ1v) is 9.61. The molecule has 8 heteroatoms. The van der Waals surface area contributed by atoms with E-state index in [4.69, 9.17) is 10.3 Å². The van der Waals surface area contributed by atoms with Gasteiger partial charge in [0.15, 0.2) is 0 Å². The summed E-state index contributed by atoms with van der Waals surface area (Å²) < 4.78 is 5.54. The Kier molecular flexibility index (Phi) is 6.26. The molecule has 0 spiro atoms. The molecule has 0 aliphatic carbocycles. The number of halogens is 1. The van der Waals surface area contributed by atoms with Crippen LogP contribution in [0.1, 0.15) is 46.4 Å². The van der Waals surface area contributed by atoms with Crippen LogP contribution < -0.4 is 5.73 Å². The maximum Gasteiger partial charge on any atom is 0.264 e. The van der Waals surface area contributed by atoms with Gasteiger partial charge in [-0.3, -0.25) is 4.79 Å². The number of benzene rings is 1. The SMILES string of the molecule is Cl.NCc1ccc(-c2noc(C3CCCCN3C(=O)c3cccs3)n2)cc1. The zero-order valence-electron chi connectivity index (χ0n) is 14.7. The molecule has 0 radical (unpaired) electrons. The van der Waals surface area contributed by atoms with Crippen LogP contribution in [0.5, 0.6) is 0 Å². The number of thiophene rings is 1. The number of rotatable bonds is 4. The molecule has 6 nitrogen and oxygen atoms in total. The van der Waals surface area contributed by atoms with Crippen LogP contribution in [0.3, 0.4) is 0 Å². The molecule has 1 aliphatic rings. The molecule has 0 saturated carbocycles. The first-order valence-electron chi connectivity index (χ1n) is 8.73. The van der Waals surface area contributed by atoms with Crippen LogP contribution in [0.2, 0.25) is 0 Å². The molecule has 1 aliphatic heterocycles. The van der Waals surface area contributed by atoms with Gasteiger partial charge in [-0.1, -0.05) is 35.5 Å². The number of carbonyl (C=O) groups is 1. The van der Waals surface area contributed by atoms with Crippen molar-refractivity contribution in [2.75, 3.05) is 6.54 Å². The molecule has 1 fully saturated rings. The molecule has 1 aromatic carbocycles. The number of aromatic nitrogens is 2. The second-order valence-electron chi connectivity index (χ2n) is 6.34. The Labute approximate surface area is 167 Å². The van der Waals surface area contributed by atoms with Gasteiger partial charge in [0.2, 0.25) is 11.7 Å². The summed E-state index contributed by atoms with van der Waals surface area (Å²) in [6, 6.07) is 11.4. The van der Waals surface area contributed by atoms with Crippen molar-refractivity contribution in [2.24, 2.45) is 5.73 Å². The van der Waals surface area contributed by atoms with Crippen LogP contribution in [-0.4, -0.2) is 27.5 Å². The van der Waals surface area contributed by atoms with Gasteiger partial charge in [-0.05, 0) is 36.3 Å². The molecule has 1 amide bonds. The summed E-state index contributed by atoms with van der Waals surface area (Å²) in [6.45, 7) is 1.21. The zero-order valence-corrected chi connectivity index (χ0v) is 16.3. The summed E-state index contributed by atoms with van der Waals surface area (Å²) in [5.41, 5.74) is 7.57. The van der Waals surface area contributed by atoms with E-state index in [2.05, 4.69) is 10.1 Å². The van der Waals surface area contributed by atoms with Gasteiger partial charge in [0.1, 0.15) is 6.04 Å². The van der Waals surface area contributed by atoms with Crippen LogP contribution in [-0.2, 0) is 6.54 Å². The maximum atomic E-state index is 12.8. The third-order valence-corrected chi connectivity index (χ3v) is 5.53. The molecule has 4 rings (SSSR count). The number of piperidine rings is 1. The Morgan fingerprint density at radius 1 is 1.26 bits per heavy atom. The van der Waals surface area contributed by atoms with Gasteiger partial charge < -0.3 is 15.2 Å². The van der Waals surface area contributed by atoms with E-state index in [1.165, 1.54) is 11.3 Å². The molecular weight excluding hydrogens is 384 g/mol. The van der Waals surface area contributed by atoms with Crippen molar-refractivity contribution >= 4 is 29.7 Å². The normalized spacial score (nSPS) is 16.8. The fourth-order valence-electron chi connectivity index (χ4n) is 3.25. The smallest absolute Gasteiger partial charge is 0.264 e. The Hall–Kier alpha value is -2.22. The number of nitrogens with zero attached hydrogens (tertiary/aromatic N) is 3. The van der Waals surface area contributed by atoms with E-state index in [1.54, 1.807) is 0 Å². The van der Waals surface area contributed by atoms with Crippen LogP contribution in [0.25, 0.3) is 11.4 Å². The third-order valence-electron chi connectivity index (χ3n) is 4.67. The van der Waals surface area contributed by atoms with E-state index < -0.39 is 0 Å². The minimum absolute atomic E-state index is 0. The van der Waals surface area contributed by atoms with Gasteiger partial charge in [0, 0.05) is 18.7 Å². The van der Waals surface area contributed by atoms with Crippen molar-refractivity contribution in [3.8, 4) is 11.4 Å². The number of hydrogen-bond acceptors (Lipinski definition) is 6. The summed E-state index contributed by atoms with van der Waals surface area (Å²) in [4.78, 5) is 20.0. The Bertz CT molecular complexity index is 880. The monoisotopic (exact) mass is 404 g/mol. The van der Waals surface area contributed by atoms with E-state index in [-0.39, 0.29) is 24.4 Å². The minimum Gasteiger partial charge on any atom is -0.337 e. The second kappa shape index (κ2) is 8.65. The molecular formula is C19H21ClN4O2S. The van der Waals surface area contributed by atoms with Gasteiger partial charge >= 0.3 is 0 Å². The number of carbonyl (C=O) groups excluding carboxylic acids is 1. The van der Waals surface area contributed by atoms with Gasteiger partial charge in [0.25, 0.3) is 5.91 Å². The van der Waals surface area contributed by atoms with Crippen molar-refractivity contribution in [1.82, 2.24) is 15.0 Å². The largest absolute Gasteiger partial charge is 0.337 e. The predicted octanol–water partition coefficient (Wildman–Crippen LogP) is 4.05. The van der Waals surface area contributed by atoms with Gasteiger partial charge in [-0.15, -0.1) is 23.7 Å². The summed E-state index contributed by atoms with van der Waals surface area (Å²) in [6.07, 6.45) is 2.88. The average Bonchev–Trinajstić information content (AvgIpc) is 3.40. The number of nitrogens with two attached hydrogens (primary N) is 1.